The fourth-order valence-electron chi connectivity index (χ4n) is 2.96. The van der Waals surface area contributed by atoms with Gasteiger partial charge in [0.2, 0.25) is 0 Å². The zero-order valence-corrected chi connectivity index (χ0v) is 8.86. The van der Waals surface area contributed by atoms with Crippen molar-refractivity contribution in [3.05, 3.63) is 0 Å². The van der Waals surface area contributed by atoms with Gasteiger partial charge in [-0.25, -0.2) is 0 Å². The predicted octanol–water partition coefficient (Wildman–Crippen LogP) is 1.43. The van der Waals surface area contributed by atoms with Gasteiger partial charge < -0.3 is 9.84 Å². The minimum atomic E-state index is -0.256. The van der Waals surface area contributed by atoms with Gasteiger partial charge in [0.1, 0.15) is 0 Å². The highest BCUT2D eigenvalue weighted by Crippen LogP contribution is 2.44. The maximum atomic E-state index is 9.81. The first kappa shape index (κ1) is 10.0. The minimum Gasteiger partial charge on any atom is -0.390 e. The first-order valence-corrected chi connectivity index (χ1v) is 5.43. The molecule has 1 N–H and O–H groups in total. The fraction of sp³-hybridized carbons (Fsp3) is 0.833. The highest BCUT2D eigenvalue weighted by Gasteiger charge is 2.49. The van der Waals surface area contributed by atoms with Crippen LogP contribution in [0.2, 0.25) is 0 Å². The molecule has 0 spiro atoms. The van der Waals surface area contributed by atoms with Crippen LogP contribution in [0.3, 0.4) is 0 Å². The molecule has 1 heterocycles. The summed E-state index contributed by atoms with van der Waals surface area (Å²) in [4.78, 5) is 0. The second-order valence-corrected chi connectivity index (χ2v) is 4.55. The summed E-state index contributed by atoms with van der Waals surface area (Å²) in [5.41, 5.74) is 0. The van der Waals surface area contributed by atoms with Crippen molar-refractivity contribution in [1.29, 1.82) is 0 Å². The maximum absolute atomic E-state index is 9.81. The van der Waals surface area contributed by atoms with Crippen LogP contribution in [0.1, 0.15) is 26.7 Å². The largest absolute Gasteiger partial charge is 0.390 e. The second kappa shape index (κ2) is 3.92. The highest BCUT2D eigenvalue weighted by molar-refractivity contribution is 5.04. The van der Waals surface area contributed by atoms with Crippen molar-refractivity contribution < 1.29 is 9.84 Å². The molecule has 0 aromatic heterocycles. The van der Waals surface area contributed by atoms with E-state index >= 15 is 0 Å². The van der Waals surface area contributed by atoms with Gasteiger partial charge >= 0.3 is 0 Å². The minimum absolute atomic E-state index is 0.0913. The van der Waals surface area contributed by atoms with E-state index in [9.17, 15) is 5.11 Å². The first-order chi connectivity index (χ1) is 6.74. The Bertz CT molecular complexity index is 263. The van der Waals surface area contributed by atoms with Gasteiger partial charge in [-0.15, -0.1) is 11.8 Å². The van der Waals surface area contributed by atoms with Crippen molar-refractivity contribution in [2.75, 3.05) is 6.61 Å². The van der Waals surface area contributed by atoms with Crippen molar-refractivity contribution in [3.8, 4) is 11.8 Å². The zero-order chi connectivity index (χ0) is 10.1. The summed E-state index contributed by atoms with van der Waals surface area (Å²) >= 11 is 0. The van der Waals surface area contributed by atoms with Crippen LogP contribution in [0, 0.1) is 29.6 Å². The van der Waals surface area contributed by atoms with Crippen LogP contribution in [0.4, 0.5) is 0 Å². The van der Waals surface area contributed by atoms with Gasteiger partial charge in [0.15, 0.2) is 0 Å². The van der Waals surface area contributed by atoms with Gasteiger partial charge in [-0.3, -0.25) is 0 Å². The molecule has 2 fully saturated rings. The Morgan fingerprint density at radius 1 is 1.50 bits per heavy atom. The predicted molar refractivity (Wildman–Crippen MR) is 54.6 cm³/mol. The van der Waals surface area contributed by atoms with Crippen molar-refractivity contribution in [2.45, 2.75) is 38.9 Å². The molecule has 0 radical (unpaired) electrons. The quantitative estimate of drug-likeness (QED) is 0.640. The molecule has 1 aliphatic heterocycles. The van der Waals surface area contributed by atoms with Crippen LogP contribution in [0.5, 0.6) is 0 Å². The monoisotopic (exact) mass is 194 g/mol. The van der Waals surface area contributed by atoms with Crippen LogP contribution < -0.4 is 0 Å². The SMILES string of the molecule is CC#CCC1CC(O)C2OCC(C)C12. The molecular formula is C12H18O2. The molecule has 5 unspecified atom stereocenters. The van der Waals surface area contributed by atoms with Gasteiger partial charge in [0.25, 0.3) is 0 Å². The van der Waals surface area contributed by atoms with E-state index in [0.717, 1.165) is 19.4 Å². The van der Waals surface area contributed by atoms with E-state index in [2.05, 4.69) is 18.8 Å². The standard InChI is InChI=1S/C12H18O2/c1-3-4-5-9-6-10(13)12-11(9)8(2)7-14-12/h8-13H,5-7H2,1-2H3. The van der Waals surface area contributed by atoms with Crippen molar-refractivity contribution >= 4 is 0 Å². The molecule has 2 rings (SSSR count). The van der Waals surface area contributed by atoms with Gasteiger partial charge in [-0.05, 0) is 31.1 Å². The molecule has 2 nitrogen and oxygen atoms in total. The number of fused-ring (bicyclic) bond motifs is 1. The van der Waals surface area contributed by atoms with E-state index in [0.29, 0.717) is 17.8 Å². The number of hydrogen-bond donors (Lipinski definition) is 1. The lowest BCUT2D eigenvalue weighted by Gasteiger charge is -2.18. The fourth-order valence-corrected chi connectivity index (χ4v) is 2.96. The normalized spacial score (nSPS) is 45.8. The Morgan fingerprint density at radius 3 is 3.00 bits per heavy atom. The van der Waals surface area contributed by atoms with Gasteiger partial charge in [0.05, 0.1) is 18.8 Å². The average molecular weight is 194 g/mol. The maximum Gasteiger partial charge on any atom is 0.0868 e. The third-order valence-corrected chi connectivity index (χ3v) is 3.60. The number of aliphatic hydroxyl groups is 1. The molecule has 5 atom stereocenters. The number of aliphatic hydroxyl groups excluding tert-OH is 1. The second-order valence-electron chi connectivity index (χ2n) is 4.55. The van der Waals surface area contributed by atoms with E-state index in [4.69, 9.17) is 4.74 Å². The van der Waals surface area contributed by atoms with Gasteiger partial charge in [-0.1, -0.05) is 6.92 Å². The third kappa shape index (κ3) is 1.55. The van der Waals surface area contributed by atoms with E-state index in [1.54, 1.807) is 0 Å². The summed E-state index contributed by atoms with van der Waals surface area (Å²) in [5.74, 6) is 7.72. The lowest BCUT2D eigenvalue weighted by Crippen LogP contribution is -2.24. The third-order valence-electron chi connectivity index (χ3n) is 3.60. The summed E-state index contributed by atoms with van der Waals surface area (Å²) in [6.07, 6.45) is 1.62. The number of rotatable bonds is 1. The Kier molecular flexibility index (Phi) is 2.80. The summed E-state index contributed by atoms with van der Waals surface area (Å²) in [6, 6.07) is 0. The summed E-state index contributed by atoms with van der Waals surface area (Å²) < 4.78 is 5.61. The lowest BCUT2D eigenvalue weighted by atomic mass is 9.84. The van der Waals surface area contributed by atoms with E-state index < -0.39 is 0 Å². The Balaban J connectivity index is 2.07. The molecule has 0 amide bonds. The van der Waals surface area contributed by atoms with Crippen LogP contribution in [-0.4, -0.2) is 23.9 Å². The van der Waals surface area contributed by atoms with E-state index in [1.807, 2.05) is 6.92 Å². The molecule has 14 heavy (non-hydrogen) atoms. The van der Waals surface area contributed by atoms with Crippen molar-refractivity contribution in [3.63, 3.8) is 0 Å². The summed E-state index contributed by atoms with van der Waals surface area (Å²) in [7, 11) is 0. The smallest absolute Gasteiger partial charge is 0.0868 e. The number of ether oxygens (including phenoxy) is 1. The summed E-state index contributed by atoms with van der Waals surface area (Å²) in [5, 5.41) is 9.81. The Labute approximate surface area is 85.6 Å². The molecule has 1 saturated carbocycles. The van der Waals surface area contributed by atoms with Crippen LogP contribution in [0.25, 0.3) is 0 Å². The topological polar surface area (TPSA) is 29.5 Å². The Hall–Kier alpha value is -0.520. The molecule has 1 aliphatic carbocycles. The van der Waals surface area contributed by atoms with Crippen molar-refractivity contribution in [2.24, 2.45) is 17.8 Å². The molecule has 0 bridgehead atoms. The molecular weight excluding hydrogens is 176 g/mol. The van der Waals surface area contributed by atoms with Crippen LogP contribution >= 0.6 is 0 Å². The lowest BCUT2D eigenvalue weighted by molar-refractivity contribution is 0.00630. The van der Waals surface area contributed by atoms with E-state index in [-0.39, 0.29) is 12.2 Å². The number of hydrogen-bond acceptors (Lipinski definition) is 2. The van der Waals surface area contributed by atoms with Gasteiger partial charge in [0, 0.05) is 6.42 Å². The zero-order valence-electron chi connectivity index (χ0n) is 8.86. The van der Waals surface area contributed by atoms with Crippen LogP contribution in [-0.2, 0) is 4.74 Å². The van der Waals surface area contributed by atoms with Crippen LogP contribution in [0.15, 0.2) is 0 Å². The summed E-state index contributed by atoms with van der Waals surface area (Å²) in [6.45, 7) is 4.90. The highest BCUT2D eigenvalue weighted by atomic mass is 16.5. The molecule has 0 aromatic rings. The van der Waals surface area contributed by atoms with E-state index in [1.165, 1.54) is 0 Å². The molecule has 0 aromatic carbocycles. The Morgan fingerprint density at radius 2 is 2.29 bits per heavy atom. The first-order valence-electron chi connectivity index (χ1n) is 5.43. The average Bonchev–Trinajstić information content (AvgIpc) is 2.67. The van der Waals surface area contributed by atoms with Crippen molar-refractivity contribution in [1.82, 2.24) is 0 Å². The molecule has 1 saturated heterocycles. The molecule has 2 heteroatoms. The molecule has 78 valence electrons. The molecule has 2 aliphatic rings. The van der Waals surface area contributed by atoms with Gasteiger partial charge in [-0.2, -0.15) is 0 Å².